The van der Waals surface area contributed by atoms with Gasteiger partial charge in [0.25, 0.3) is 5.56 Å². The normalized spacial score (nSPS) is 11.3. The fourth-order valence-electron chi connectivity index (χ4n) is 3.20. The number of ether oxygens (including phenoxy) is 1. The Morgan fingerprint density at radius 2 is 1.90 bits per heavy atom. The van der Waals surface area contributed by atoms with Crippen molar-refractivity contribution >= 4 is 29.0 Å². The van der Waals surface area contributed by atoms with Gasteiger partial charge in [-0.2, -0.15) is 0 Å². The minimum atomic E-state index is -0.702. The van der Waals surface area contributed by atoms with Crippen LogP contribution in [-0.2, 0) is 22.6 Å². The highest BCUT2D eigenvalue weighted by Crippen LogP contribution is 2.18. The Morgan fingerprint density at radius 1 is 1.26 bits per heavy atom. The first-order valence-corrected chi connectivity index (χ1v) is 10.4. The number of amides is 1. The third-order valence-corrected chi connectivity index (χ3v) is 4.87. The molecule has 9 nitrogen and oxygen atoms in total. The molecule has 2 aromatic rings. The molecule has 1 aromatic carbocycles. The van der Waals surface area contributed by atoms with Crippen molar-refractivity contribution in [2.45, 2.75) is 26.9 Å². The molecular formula is C21H30ClN5O4. The molecule has 0 aliphatic carbocycles. The highest BCUT2D eigenvalue weighted by molar-refractivity contribution is 6.30. The van der Waals surface area contributed by atoms with Crippen molar-refractivity contribution in [3.8, 4) is 0 Å². The van der Waals surface area contributed by atoms with Gasteiger partial charge in [-0.25, -0.2) is 4.79 Å². The number of nitrogens with one attached hydrogen (secondary N) is 1. The number of carbonyl (C=O) groups is 1. The number of aromatic amines is 1. The van der Waals surface area contributed by atoms with Crippen molar-refractivity contribution < 1.29 is 9.53 Å². The third kappa shape index (κ3) is 6.68. The molecule has 0 saturated carbocycles. The molecule has 0 aliphatic rings. The number of H-pyrrole nitrogens is 1. The van der Waals surface area contributed by atoms with E-state index in [0.29, 0.717) is 18.1 Å². The predicted octanol–water partition coefficient (Wildman–Crippen LogP) is 1.54. The summed E-state index contributed by atoms with van der Waals surface area (Å²) in [4.78, 5) is 43.4. The van der Waals surface area contributed by atoms with Crippen LogP contribution in [0.2, 0.25) is 5.02 Å². The zero-order valence-electron chi connectivity index (χ0n) is 18.4. The number of hydrogen-bond acceptors (Lipinski definition) is 6. The number of nitrogen functional groups attached to an aromatic ring is 1. The molecule has 0 saturated heterocycles. The molecule has 0 fully saturated rings. The summed E-state index contributed by atoms with van der Waals surface area (Å²) < 4.78 is 6.40. The molecule has 3 N–H and O–H groups in total. The number of likely N-dealkylation sites (N-methyl/N-ethyl adjacent to an activating group) is 1. The average Bonchev–Trinajstić information content (AvgIpc) is 2.69. The number of hydrogen-bond donors (Lipinski definition) is 2. The van der Waals surface area contributed by atoms with Crippen LogP contribution < -0.4 is 21.9 Å². The Hall–Kier alpha value is -2.62. The van der Waals surface area contributed by atoms with Crippen molar-refractivity contribution in [1.29, 1.82) is 0 Å². The van der Waals surface area contributed by atoms with Gasteiger partial charge in [-0.1, -0.05) is 37.6 Å². The first-order chi connectivity index (χ1) is 14.6. The molecule has 10 heteroatoms. The minimum Gasteiger partial charge on any atom is -0.383 e. The van der Waals surface area contributed by atoms with Crippen LogP contribution >= 0.6 is 11.6 Å². The smallest absolute Gasteiger partial charge is 0.330 e. The number of carbonyl (C=O) groups excluding carboxylic acids is 1. The second kappa shape index (κ2) is 11.1. The lowest BCUT2D eigenvalue weighted by Gasteiger charge is -2.27. The fourth-order valence-corrected chi connectivity index (χ4v) is 3.33. The number of anilines is 2. The topological polar surface area (TPSA) is 114 Å². The van der Waals surface area contributed by atoms with Crippen LogP contribution in [0.3, 0.4) is 0 Å². The molecule has 1 aromatic heterocycles. The average molecular weight is 452 g/mol. The van der Waals surface area contributed by atoms with Gasteiger partial charge in [0.1, 0.15) is 5.82 Å². The lowest BCUT2D eigenvalue weighted by Crippen LogP contribution is -2.46. The summed E-state index contributed by atoms with van der Waals surface area (Å²) in [6.07, 6.45) is 0. The van der Waals surface area contributed by atoms with E-state index >= 15 is 0 Å². The fraction of sp³-hybridized carbons (Fsp3) is 0.476. The van der Waals surface area contributed by atoms with E-state index in [0.717, 1.165) is 5.56 Å². The van der Waals surface area contributed by atoms with Crippen LogP contribution in [0.5, 0.6) is 0 Å². The standard InChI is InChI=1S/C21H30ClN5O4/c1-14(2)11-27-19(23)18(20(29)24-21(27)30)26(9-10-31-4)17(28)13-25(3)12-15-5-7-16(22)8-6-15/h5-8,14H,9-13,23H2,1-4H3,(H,24,29,30). The highest BCUT2D eigenvalue weighted by atomic mass is 35.5. The number of benzene rings is 1. The van der Waals surface area contributed by atoms with E-state index in [1.807, 2.05) is 30.9 Å². The number of aromatic nitrogens is 2. The van der Waals surface area contributed by atoms with Gasteiger partial charge >= 0.3 is 5.69 Å². The summed E-state index contributed by atoms with van der Waals surface area (Å²) in [6.45, 7) is 5.05. The summed E-state index contributed by atoms with van der Waals surface area (Å²) in [5, 5.41) is 0.638. The molecular weight excluding hydrogens is 422 g/mol. The van der Waals surface area contributed by atoms with E-state index in [2.05, 4.69) is 4.98 Å². The van der Waals surface area contributed by atoms with E-state index in [4.69, 9.17) is 22.1 Å². The van der Waals surface area contributed by atoms with Gasteiger partial charge in [-0.3, -0.25) is 24.0 Å². The summed E-state index contributed by atoms with van der Waals surface area (Å²) in [5.41, 5.74) is 5.85. The second-order valence-electron chi connectivity index (χ2n) is 7.83. The van der Waals surface area contributed by atoms with Gasteiger partial charge in [-0.05, 0) is 30.7 Å². The summed E-state index contributed by atoms with van der Waals surface area (Å²) >= 11 is 5.92. The van der Waals surface area contributed by atoms with Crippen LogP contribution in [0.4, 0.5) is 11.5 Å². The van der Waals surface area contributed by atoms with Crippen LogP contribution in [0.25, 0.3) is 0 Å². The monoisotopic (exact) mass is 451 g/mol. The van der Waals surface area contributed by atoms with Gasteiger partial charge in [0.2, 0.25) is 5.91 Å². The van der Waals surface area contributed by atoms with E-state index in [1.54, 1.807) is 19.2 Å². The van der Waals surface area contributed by atoms with Crippen molar-refractivity contribution in [3.63, 3.8) is 0 Å². The van der Waals surface area contributed by atoms with Gasteiger partial charge in [0, 0.05) is 31.8 Å². The first-order valence-electron chi connectivity index (χ1n) is 9.98. The van der Waals surface area contributed by atoms with E-state index < -0.39 is 11.2 Å². The Balaban J connectivity index is 2.32. The maximum Gasteiger partial charge on any atom is 0.330 e. The first kappa shape index (κ1) is 24.6. The van der Waals surface area contributed by atoms with Crippen LogP contribution in [0.15, 0.2) is 33.9 Å². The number of methoxy groups -OCH3 is 1. The van der Waals surface area contributed by atoms with Gasteiger partial charge in [0.15, 0.2) is 5.69 Å². The van der Waals surface area contributed by atoms with Crippen LogP contribution in [-0.4, -0.2) is 54.2 Å². The third-order valence-electron chi connectivity index (χ3n) is 4.62. The molecule has 0 radical (unpaired) electrons. The zero-order valence-corrected chi connectivity index (χ0v) is 19.1. The van der Waals surface area contributed by atoms with Crippen molar-refractivity contribution in [2.24, 2.45) is 5.92 Å². The van der Waals surface area contributed by atoms with Crippen molar-refractivity contribution in [1.82, 2.24) is 14.5 Å². The lowest BCUT2D eigenvalue weighted by atomic mass is 10.2. The molecule has 170 valence electrons. The van der Waals surface area contributed by atoms with Crippen molar-refractivity contribution in [3.05, 3.63) is 55.7 Å². The Labute approximate surface area is 186 Å². The zero-order chi connectivity index (χ0) is 23.1. The summed E-state index contributed by atoms with van der Waals surface area (Å²) in [6, 6.07) is 7.35. The minimum absolute atomic E-state index is 0.0349. The van der Waals surface area contributed by atoms with Gasteiger partial charge in [-0.15, -0.1) is 0 Å². The van der Waals surface area contributed by atoms with Gasteiger partial charge in [0.05, 0.1) is 13.2 Å². The van der Waals surface area contributed by atoms with E-state index in [-0.39, 0.29) is 43.0 Å². The number of nitrogens with two attached hydrogens (primary N) is 1. The molecule has 0 atom stereocenters. The van der Waals surface area contributed by atoms with Gasteiger partial charge < -0.3 is 15.4 Å². The maximum absolute atomic E-state index is 13.1. The predicted molar refractivity (Wildman–Crippen MR) is 123 cm³/mol. The molecule has 0 aliphatic heterocycles. The van der Waals surface area contributed by atoms with E-state index in [9.17, 15) is 14.4 Å². The molecule has 0 bridgehead atoms. The highest BCUT2D eigenvalue weighted by Gasteiger charge is 2.25. The SMILES string of the molecule is COCCN(C(=O)CN(C)Cc1ccc(Cl)cc1)c1c(N)n(CC(C)C)c(=O)[nH]c1=O. The Bertz CT molecular complexity index is 1000. The number of halogens is 1. The second-order valence-corrected chi connectivity index (χ2v) is 8.27. The van der Waals surface area contributed by atoms with E-state index in [1.165, 1.54) is 16.6 Å². The molecule has 1 heterocycles. The molecule has 0 spiro atoms. The van der Waals surface area contributed by atoms with Crippen LogP contribution in [0.1, 0.15) is 19.4 Å². The Morgan fingerprint density at radius 3 is 2.48 bits per heavy atom. The molecule has 31 heavy (non-hydrogen) atoms. The summed E-state index contributed by atoms with van der Waals surface area (Å²) in [7, 11) is 3.30. The number of rotatable bonds is 10. The largest absolute Gasteiger partial charge is 0.383 e. The molecule has 1 amide bonds. The Kier molecular flexibility index (Phi) is 8.85. The molecule has 0 unspecified atom stereocenters. The summed E-state index contributed by atoms with van der Waals surface area (Å²) in [5.74, 6) is -0.250. The maximum atomic E-state index is 13.1. The number of nitrogens with zero attached hydrogens (tertiary/aromatic N) is 3. The quantitative estimate of drug-likeness (QED) is 0.566. The van der Waals surface area contributed by atoms with Crippen LogP contribution in [0, 0.1) is 5.92 Å². The lowest BCUT2D eigenvalue weighted by molar-refractivity contribution is -0.119. The molecule has 2 rings (SSSR count). The van der Waals surface area contributed by atoms with Crippen molar-refractivity contribution in [2.75, 3.05) is 44.5 Å².